The summed E-state index contributed by atoms with van der Waals surface area (Å²) >= 11 is 0. The summed E-state index contributed by atoms with van der Waals surface area (Å²) in [5.41, 5.74) is 0.0981. The summed E-state index contributed by atoms with van der Waals surface area (Å²) in [5.74, 6) is 0. The molecule has 3 heteroatoms. The first-order valence-electron chi connectivity index (χ1n) is 6.33. The molecule has 0 bridgehead atoms. The van der Waals surface area contributed by atoms with Crippen molar-refractivity contribution in [2.45, 2.75) is 39.2 Å². The highest BCUT2D eigenvalue weighted by Crippen LogP contribution is 2.22. The van der Waals surface area contributed by atoms with Gasteiger partial charge >= 0.3 is 0 Å². The predicted octanol–water partition coefficient (Wildman–Crippen LogP) is 1.49. The summed E-state index contributed by atoms with van der Waals surface area (Å²) < 4.78 is 5.96. The van der Waals surface area contributed by atoms with Crippen molar-refractivity contribution in [2.75, 3.05) is 39.3 Å². The van der Waals surface area contributed by atoms with Crippen molar-refractivity contribution in [3.8, 4) is 0 Å². The first kappa shape index (κ1) is 12.9. The lowest BCUT2D eigenvalue weighted by molar-refractivity contribution is -0.0772. The SMILES string of the molecule is CCN(CC)CCC1(CC)CNCCO1. The van der Waals surface area contributed by atoms with E-state index in [4.69, 9.17) is 4.74 Å². The second-order valence-electron chi connectivity index (χ2n) is 4.34. The molecule has 0 aliphatic carbocycles. The van der Waals surface area contributed by atoms with E-state index in [0.717, 1.165) is 52.2 Å². The maximum Gasteiger partial charge on any atom is 0.0816 e. The summed E-state index contributed by atoms with van der Waals surface area (Å²) in [6.45, 7) is 13.0. The minimum absolute atomic E-state index is 0.0981. The molecule has 1 aliphatic heterocycles. The van der Waals surface area contributed by atoms with Crippen LogP contribution in [0.5, 0.6) is 0 Å². The average molecular weight is 214 g/mol. The molecule has 15 heavy (non-hydrogen) atoms. The molecule has 1 fully saturated rings. The lowest BCUT2D eigenvalue weighted by atomic mass is 9.94. The van der Waals surface area contributed by atoms with Crippen molar-refractivity contribution in [2.24, 2.45) is 0 Å². The molecule has 0 aromatic heterocycles. The molecule has 0 spiro atoms. The van der Waals surface area contributed by atoms with Gasteiger partial charge in [0.2, 0.25) is 0 Å². The van der Waals surface area contributed by atoms with E-state index in [-0.39, 0.29) is 5.60 Å². The van der Waals surface area contributed by atoms with E-state index < -0.39 is 0 Å². The van der Waals surface area contributed by atoms with Gasteiger partial charge in [0.1, 0.15) is 0 Å². The van der Waals surface area contributed by atoms with Crippen LogP contribution in [0.4, 0.5) is 0 Å². The normalized spacial score (nSPS) is 27.2. The van der Waals surface area contributed by atoms with Gasteiger partial charge in [-0.25, -0.2) is 0 Å². The number of nitrogens with zero attached hydrogens (tertiary/aromatic N) is 1. The van der Waals surface area contributed by atoms with E-state index in [2.05, 4.69) is 31.0 Å². The van der Waals surface area contributed by atoms with Gasteiger partial charge in [0.25, 0.3) is 0 Å². The van der Waals surface area contributed by atoms with Gasteiger partial charge in [0, 0.05) is 19.6 Å². The van der Waals surface area contributed by atoms with Crippen LogP contribution >= 0.6 is 0 Å². The van der Waals surface area contributed by atoms with Gasteiger partial charge in [-0.15, -0.1) is 0 Å². The van der Waals surface area contributed by atoms with Gasteiger partial charge in [-0.3, -0.25) is 0 Å². The second-order valence-corrected chi connectivity index (χ2v) is 4.34. The Labute approximate surface area is 94.2 Å². The van der Waals surface area contributed by atoms with Crippen molar-refractivity contribution in [1.82, 2.24) is 10.2 Å². The van der Waals surface area contributed by atoms with Crippen LogP contribution in [0.2, 0.25) is 0 Å². The Morgan fingerprint density at radius 1 is 1.27 bits per heavy atom. The van der Waals surface area contributed by atoms with E-state index in [1.165, 1.54) is 0 Å². The van der Waals surface area contributed by atoms with Gasteiger partial charge < -0.3 is 15.0 Å². The standard InChI is InChI=1S/C12H26N2O/c1-4-12(11-13-8-10-15-12)7-9-14(5-2)6-3/h13H,4-11H2,1-3H3. The molecule has 1 rings (SSSR count). The van der Waals surface area contributed by atoms with E-state index in [1.807, 2.05) is 0 Å². The van der Waals surface area contributed by atoms with Crippen LogP contribution in [-0.4, -0.2) is 49.8 Å². The van der Waals surface area contributed by atoms with Crippen LogP contribution in [-0.2, 0) is 4.74 Å². The maximum atomic E-state index is 5.96. The van der Waals surface area contributed by atoms with Gasteiger partial charge in [-0.1, -0.05) is 20.8 Å². The topological polar surface area (TPSA) is 24.5 Å². The number of hydrogen-bond acceptors (Lipinski definition) is 3. The van der Waals surface area contributed by atoms with Crippen LogP contribution in [0.3, 0.4) is 0 Å². The molecule has 0 saturated carbocycles. The summed E-state index contributed by atoms with van der Waals surface area (Å²) in [4.78, 5) is 2.47. The van der Waals surface area contributed by atoms with Crippen molar-refractivity contribution in [3.63, 3.8) is 0 Å². The Kier molecular flexibility index (Phi) is 5.58. The number of rotatable bonds is 6. The third-order valence-electron chi connectivity index (χ3n) is 3.56. The van der Waals surface area contributed by atoms with Crippen molar-refractivity contribution >= 4 is 0 Å². The van der Waals surface area contributed by atoms with Crippen molar-refractivity contribution < 1.29 is 4.74 Å². The van der Waals surface area contributed by atoms with Gasteiger partial charge in [-0.2, -0.15) is 0 Å². The number of ether oxygens (including phenoxy) is 1. The highest BCUT2D eigenvalue weighted by molar-refractivity contribution is 4.85. The summed E-state index contributed by atoms with van der Waals surface area (Å²) in [7, 11) is 0. The van der Waals surface area contributed by atoms with Crippen LogP contribution in [0.25, 0.3) is 0 Å². The molecular weight excluding hydrogens is 188 g/mol. The fraction of sp³-hybridized carbons (Fsp3) is 1.00. The third kappa shape index (κ3) is 3.74. The van der Waals surface area contributed by atoms with E-state index >= 15 is 0 Å². The zero-order valence-corrected chi connectivity index (χ0v) is 10.5. The quantitative estimate of drug-likeness (QED) is 0.725. The van der Waals surface area contributed by atoms with Crippen molar-refractivity contribution in [3.05, 3.63) is 0 Å². The van der Waals surface area contributed by atoms with E-state index in [1.54, 1.807) is 0 Å². The van der Waals surface area contributed by atoms with E-state index in [9.17, 15) is 0 Å². The lowest BCUT2D eigenvalue weighted by Crippen LogP contribution is -2.50. The lowest BCUT2D eigenvalue weighted by Gasteiger charge is -2.38. The summed E-state index contributed by atoms with van der Waals surface area (Å²) in [6.07, 6.45) is 2.26. The molecule has 90 valence electrons. The third-order valence-corrected chi connectivity index (χ3v) is 3.56. The first-order valence-corrected chi connectivity index (χ1v) is 6.33. The monoisotopic (exact) mass is 214 g/mol. The van der Waals surface area contributed by atoms with Crippen molar-refractivity contribution in [1.29, 1.82) is 0 Å². The fourth-order valence-electron chi connectivity index (χ4n) is 2.17. The molecule has 1 unspecified atom stereocenters. The molecule has 1 heterocycles. The summed E-state index contributed by atoms with van der Waals surface area (Å²) in [5, 5.41) is 3.44. The Hall–Kier alpha value is -0.120. The number of morpholine rings is 1. The minimum atomic E-state index is 0.0981. The molecule has 3 nitrogen and oxygen atoms in total. The molecule has 0 radical (unpaired) electrons. The van der Waals surface area contributed by atoms with Crippen LogP contribution in [0, 0.1) is 0 Å². The molecule has 0 aromatic carbocycles. The largest absolute Gasteiger partial charge is 0.372 e. The second kappa shape index (κ2) is 6.46. The first-order chi connectivity index (χ1) is 7.26. The van der Waals surface area contributed by atoms with Gasteiger partial charge in [-0.05, 0) is 25.9 Å². The predicted molar refractivity (Wildman–Crippen MR) is 64.2 cm³/mol. The smallest absolute Gasteiger partial charge is 0.0816 e. The molecule has 1 saturated heterocycles. The zero-order valence-electron chi connectivity index (χ0n) is 10.5. The Morgan fingerprint density at radius 3 is 2.47 bits per heavy atom. The van der Waals surface area contributed by atoms with Gasteiger partial charge in [0.15, 0.2) is 0 Å². The van der Waals surface area contributed by atoms with Crippen LogP contribution in [0.1, 0.15) is 33.6 Å². The minimum Gasteiger partial charge on any atom is -0.372 e. The zero-order chi connectivity index (χ0) is 11.1. The Balaban J connectivity index is 2.38. The van der Waals surface area contributed by atoms with Crippen LogP contribution in [0.15, 0.2) is 0 Å². The molecule has 0 amide bonds. The Bertz CT molecular complexity index is 163. The van der Waals surface area contributed by atoms with Gasteiger partial charge in [0.05, 0.1) is 12.2 Å². The molecule has 1 N–H and O–H groups in total. The fourth-order valence-corrected chi connectivity index (χ4v) is 2.17. The highest BCUT2D eigenvalue weighted by Gasteiger charge is 2.31. The Morgan fingerprint density at radius 2 is 2.00 bits per heavy atom. The average Bonchev–Trinajstić information content (AvgIpc) is 2.31. The van der Waals surface area contributed by atoms with E-state index in [0.29, 0.717) is 0 Å². The van der Waals surface area contributed by atoms with Crippen LogP contribution < -0.4 is 5.32 Å². The maximum absolute atomic E-state index is 5.96. The highest BCUT2D eigenvalue weighted by atomic mass is 16.5. The number of nitrogens with one attached hydrogen (secondary N) is 1. The molecule has 1 aliphatic rings. The summed E-state index contributed by atoms with van der Waals surface area (Å²) in [6, 6.07) is 0. The molecule has 0 aromatic rings. The molecular formula is C12H26N2O. The number of hydrogen-bond donors (Lipinski definition) is 1. The molecule has 1 atom stereocenters.